The third-order valence-corrected chi connectivity index (χ3v) is 2.64. The summed E-state index contributed by atoms with van der Waals surface area (Å²) in [5.74, 6) is -2.27. The Morgan fingerprint density at radius 3 is 2.48 bits per heavy atom. The summed E-state index contributed by atoms with van der Waals surface area (Å²) in [6, 6.07) is 10.8. The monoisotopic (exact) mass is 290 g/mol. The van der Waals surface area contributed by atoms with E-state index in [-0.39, 0.29) is 17.8 Å². The third-order valence-electron chi connectivity index (χ3n) is 2.64. The van der Waals surface area contributed by atoms with Crippen LogP contribution in [0.1, 0.15) is 10.4 Å². The van der Waals surface area contributed by atoms with Crippen LogP contribution in [0.2, 0.25) is 0 Å². The van der Waals surface area contributed by atoms with Gasteiger partial charge in [-0.1, -0.05) is 18.2 Å². The van der Waals surface area contributed by atoms with E-state index in [1.54, 1.807) is 6.07 Å². The van der Waals surface area contributed by atoms with E-state index in [0.717, 1.165) is 6.07 Å². The molecule has 0 atom stereocenters. The van der Waals surface area contributed by atoms with Gasteiger partial charge < -0.3 is 10.6 Å². The molecular formula is C15H12F2N2O2. The number of nitrogens with one attached hydrogen (secondary N) is 2. The largest absolute Gasteiger partial charge is 0.343 e. The molecule has 2 rings (SSSR count). The van der Waals surface area contributed by atoms with Crippen molar-refractivity contribution >= 4 is 17.5 Å². The molecule has 4 nitrogen and oxygen atoms in total. The average molecular weight is 290 g/mol. The summed E-state index contributed by atoms with van der Waals surface area (Å²) in [7, 11) is 0. The average Bonchev–Trinajstić information content (AvgIpc) is 2.47. The predicted molar refractivity (Wildman–Crippen MR) is 73.8 cm³/mol. The summed E-state index contributed by atoms with van der Waals surface area (Å²) in [4.78, 5) is 23.3. The highest BCUT2D eigenvalue weighted by atomic mass is 19.1. The lowest BCUT2D eigenvalue weighted by molar-refractivity contribution is -0.115. The topological polar surface area (TPSA) is 58.2 Å². The third kappa shape index (κ3) is 4.10. The van der Waals surface area contributed by atoms with E-state index in [1.165, 1.54) is 36.4 Å². The number of anilines is 1. The van der Waals surface area contributed by atoms with Crippen LogP contribution >= 0.6 is 0 Å². The van der Waals surface area contributed by atoms with Crippen molar-refractivity contribution < 1.29 is 18.4 Å². The van der Waals surface area contributed by atoms with Crippen molar-refractivity contribution in [1.29, 1.82) is 0 Å². The molecule has 0 aliphatic heterocycles. The van der Waals surface area contributed by atoms with Gasteiger partial charge in [-0.2, -0.15) is 0 Å². The molecule has 108 valence electrons. The molecule has 6 heteroatoms. The predicted octanol–water partition coefficient (Wildman–Crippen LogP) is 2.33. The maximum atomic E-state index is 13.3. The van der Waals surface area contributed by atoms with E-state index >= 15 is 0 Å². The Kier molecular flexibility index (Phi) is 4.61. The molecule has 2 aromatic carbocycles. The Morgan fingerprint density at radius 1 is 1.00 bits per heavy atom. The zero-order chi connectivity index (χ0) is 15.2. The van der Waals surface area contributed by atoms with Crippen LogP contribution in [0.4, 0.5) is 14.5 Å². The summed E-state index contributed by atoms with van der Waals surface area (Å²) in [6.45, 7) is -0.344. The highest BCUT2D eigenvalue weighted by Gasteiger charge is 2.10. The first-order valence-electron chi connectivity index (χ1n) is 6.14. The molecule has 2 amide bonds. The molecule has 0 aromatic heterocycles. The minimum Gasteiger partial charge on any atom is -0.343 e. The van der Waals surface area contributed by atoms with Crippen LogP contribution in [0.25, 0.3) is 0 Å². The van der Waals surface area contributed by atoms with Crippen LogP contribution in [0.3, 0.4) is 0 Å². The van der Waals surface area contributed by atoms with E-state index in [2.05, 4.69) is 10.6 Å². The van der Waals surface area contributed by atoms with Gasteiger partial charge in [-0.3, -0.25) is 9.59 Å². The normalized spacial score (nSPS) is 10.0. The number of hydrogen-bond donors (Lipinski definition) is 2. The zero-order valence-electron chi connectivity index (χ0n) is 10.9. The molecule has 0 saturated heterocycles. The second kappa shape index (κ2) is 6.60. The van der Waals surface area contributed by atoms with Gasteiger partial charge in [0, 0.05) is 5.56 Å². The highest BCUT2D eigenvalue weighted by molar-refractivity contribution is 5.99. The van der Waals surface area contributed by atoms with Crippen molar-refractivity contribution in [3.05, 3.63) is 65.7 Å². The number of carbonyl (C=O) groups excluding carboxylic acids is 2. The summed E-state index contributed by atoms with van der Waals surface area (Å²) in [5, 5.41) is 4.65. The standard InChI is InChI=1S/C15H12F2N2O2/c16-11-5-3-4-10(8-11)15(21)18-9-14(20)19-13-7-2-1-6-12(13)17/h1-8H,9H2,(H,18,21)(H,19,20). The Labute approximate surface area is 119 Å². The number of amides is 2. The first-order chi connectivity index (χ1) is 10.1. The Morgan fingerprint density at radius 2 is 1.76 bits per heavy atom. The lowest BCUT2D eigenvalue weighted by Crippen LogP contribution is -2.33. The number of benzene rings is 2. The number of halogens is 2. The van der Waals surface area contributed by atoms with Crippen molar-refractivity contribution in [2.45, 2.75) is 0 Å². The number of carbonyl (C=O) groups is 2. The van der Waals surface area contributed by atoms with Crippen LogP contribution in [0.5, 0.6) is 0 Å². The van der Waals surface area contributed by atoms with E-state index < -0.39 is 23.4 Å². The van der Waals surface area contributed by atoms with Gasteiger partial charge in [-0.15, -0.1) is 0 Å². The summed E-state index contributed by atoms with van der Waals surface area (Å²) >= 11 is 0. The number of para-hydroxylation sites is 1. The summed E-state index contributed by atoms with van der Waals surface area (Å²) in [5.41, 5.74) is 0.135. The van der Waals surface area contributed by atoms with Crippen molar-refractivity contribution in [2.75, 3.05) is 11.9 Å². The molecule has 0 radical (unpaired) electrons. The van der Waals surface area contributed by atoms with Crippen molar-refractivity contribution in [2.24, 2.45) is 0 Å². The highest BCUT2D eigenvalue weighted by Crippen LogP contribution is 2.11. The van der Waals surface area contributed by atoms with Gasteiger partial charge >= 0.3 is 0 Å². The minimum atomic E-state index is -0.585. The fraction of sp³-hybridized carbons (Fsp3) is 0.0667. The molecular weight excluding hydrogens is 278 g/mol. The Balaban J connectivity index is 1.90. The van der Waals surface area contributed by atoms with E-state index in [0.29, 0.717) is 0 Å². The van der Waals surface area contributed by atoms with Crippen LogP contribution in [-0.4, -0.2) is 18.4 Å². The second-order valence-corrected chi connectivity index (χ2v) is 4.22. The molecule has 2 aromatic rings. The molecule has 0 bridgehead atoms. The van der Waals surface area contributed by atoms with E-state index in [4.69, 9.17) is 0 Å². The number of hydrogen-bond acceptors (Lipinski definition) is 2. The first kappa shape index (κ1) is 14.6. The zero-order valence-corrected chi connectivity index (χ0v) is 10.9. The molecule has 2 N–H and O–H groups in total. The van der Waals surface area contributed by atoms with Crippen molar-refractivity contribution in [3.63, 3.8) is 0 Å². The van der Waals surface area contributed by atoms with Gasteiger partial charge in [0.1, 0.15) is 11.6 Å². The van der Waals surface area contributed by atoms with Gasteiger partial charge in [-0.05, 0) is 30.3 Å². The van der Waals surface area contributed by atoms with Gasteiger partial charge in [0.15, 0.2) is 0 Å². The minimum absolute atomic E-state index is 0.0301. The molecule has 0 heterocycles. The van der Waals surface area contributed by atoms with Gasteiger partial charge in [-0.25, -0.2) is 8.78 Å². The molecule has 0 unspecified atom stereocenters. The molecule has 0 aliphatic rings. The quantitative estimate of drug-likeness (QED) is 0.908. The second-order valence-electron chi connectivity index (χ2n) is 4.22. The molecule has 0 fully saturated rings. The smallest absolute Gasteiger partial charge is 0.251 e. The maximum absolute atomic E-state index is 13.3. The van der Waals surface area contributed by atoms with Gasteiger partial charge in [0.25, 0.3) is 5.91 Å². The summed E-state index contributed by atoms with van der Waals surface area (Å²) < 4.78 is 26.3. The van der Waals surface area contributed by atoms with Crippen molar-refractivity contribution in [1.82, 2.24) is 5.32 Å². The fourth-order valence-electron chi connectivity index (χ4n) is 1.65. The first-order valence-corrected chi connectivity index (χ1v) is 6.14. The molecule has 0 spiro atoms. The van der Waals surface area contributed by atoms with E-state index in [9.17, 15) is 18.4 Å². The van der Waals surface area contributed by atoms with Crippen LogP contribution in [-0.2, 0) is 4.79 Å². The van der Waals surface area contributed by atoms with Gasteiger partial charge in [0.2, 0.25) is 5.91 Å². The Bertz CT molecular complexity index is 674. The summed E-state index contributed by atoms with van der Waals surface area (Å²) in [6.07, 6.45) is 0. The van der Waals surface area contributed by atoms with Crippen LogP contribution in [0.15, 0.2) is 48.5 Å². The Hall–Kier alpha value is -2.76. The maximum Gasteiger partial charge on any atom is 0.251 e. The SMILES string of the molecule is O=C(CNC(=O)c1cccc(F)c1)Nc1ccccc1F. The number of rotatable bonds is 4. The van der Waals surface area contributed by atoms with Crippen LogP contribution < -0.4 is 10.6 Å². The molecule has 0 saturated carbocycles. The van der Waals surface area contributed by atoms with E-state index in [1.807, 2.05) is 0 Å². The lowest BCUT2D eigenvalue weighted by Gasteiger charge is -2.07. The molecule has 21 heavy (non-hydrogen) atoms. The molecule has 0 aliphatic carbocycles. The van der Waals surface area contributed by atoms with Crippen molar-refractivity contribution in [3.8, 4) is 0 Å². The van der Waals surface area contributed by atoms with Crippen LogP contribution in [0, 0.1) is 11.6 Å². The lowest BCUT2D eigenvalue weighted by atomic mass is 10.2. The van der Waals surface area contributed by atoms with Gasteiger partial charge in [0.05, 0.1) is 12.2 Å². The fourth-order valence-corrected chi connectivity index (χ4v) is 1.65.